The molecule has 1 N–H and O–H groups in total. The highest BCUT2D eigenvalue weighted by Crippen LogP contribution is 2.48. The molecule has 2 aliphatic heterocycles. The van der Waals surface area contributed by atoms with Gasteiger partial charge in [-0.1, -0.05) is 31.7 Å². The van der Waals surface area contributed by atoms with Crippen molar-refractivity contribution in [2.24, 2.45) is 5.92 Å². The van der Waals surface area contributed by atoms with Gasteiger partial charge in [-0.05, 0) is 49.1 Å². The van der Waals surface area contributed by atoms with E-state index in [1.165, 1.54) is 6.20 Å². The summed E-state index contributed by atoms with van der Waals surface area (Å²) in [5, 5.41) is 3.42. The Morgan fingerprint density at radius 2 is 1.67 bits per heavy atom. The predicted molar refractivity (Wildman–Crippen MR) is 151 cm³/mol. The van der Waals surface area contributed by atoms with E-state index >= 15 is 0 Å². The summed E-state index contributed by atoms with van der Waals surface area (Å²) >= 11 is 0.592. The zero-order valence-corrected chi connectivity index (χ0v) is 24.3. The van der Waals surface area contributed by atoms with Crippen LogP contribution in [0.15, 0.2) is 58.5 Å². The summed E-state index contributed by atoms with van der Waals surface area (Å²) < 4.78 is 90.7. The lowest BCUT2D eigenvalue weighted by atomic mass is 9.96. The van der Waals surface area contributed by atoms with E-state index in [9.17, 15) is 31.1 Å². The molecule has 0 radical (unpaired) electrons. The lowest BCUT2D eigenvalue weighted by molar-refractivity contribution is -0.163. The molecule has 0 bridgehead atoms. The first kappa shape index (κ1) is 32.2. The highest BCUT2D eigenvalue weighted by atomic mass is 32.2. The van der Waals surface area contributed by atoms with Gasteiger partial charge in [0.05, 0.1) is 24.3 Å². The molecule has 4 rings (SSSR count). The first-order valence-corrected chi connectivity index (χ1v) is 14.8. The third-order valence-electron chi connectivity index (χ3n) is 7.13. The van der Waals surface area contributed by atoms with Crippen LogP contribution in [0, 0.1) is 5.92 Å². The number of alkyl halides is 6. The molecule has 5 nitrogen and oxygen atoms in total. The van der Waals surface area contributed by atoms with Gasteiger partial charge in [0.1, 0.15) is 0 Å². The second kappa shape index (κ2) is 13.7. The van der Waals surface area contributed by atoms with Gasteiger partial charge in [-0.3, -0.25) is 4.79 Å². The zero-order chi connectivity index (χ0) is 30.5. The molecule has 2 heterocycles. The Balaban J connectivity index is 1.58. The summed E-state index contributed by atoms with van der Waals surface area (Å²) in [7, 11) is 0. The van der Waals surface area contributed by atoms with Crippen LogP contribution in [0.25, 0.3) is 0 Å². The van der Waals surface area contributed by atoms with Crippen LogP contribution < -0.4 is 5.32 Å². The molecule has 0 aromatic heterocycles. The predicted octanol–water partition coefficient (Wildman–Crippen LogP) is 7.44. The van der Waals surface area contributed by atoms with Crippen LogP contribution in [-0.2, 0) is 17.1 Å². The van der Waals surface area contributed by atoms with Crippen molar-refractivity contribution >= 4 is 23.2 Å². The maximum absolute atomic E-state index is 14.3. The Kier molecular flexibility index (Phi) is 10.5. The van der Waals surface area contributed by atoms with E-state index in [2.05, 4.69) is 24.1 Å². The lowest BCUT2D eigenvalue weighted by Gasteiger charge is -2.33. The minimum absolute atomic E-state index is 0.187. The molecule has 0 unspecified atom stereocenters. The van der Waals surface area contributed by atoms with Crippen molar-refractivity contribution in [1.82, 2.24) is 9.80 Å². The normalized spacial score (nSPS) is 17.8. The van der Waals surface area contributed by atoms with Crippen LogP contribution in [-0.4, -0.2) is 67.6 Å². The number of hydrogen-bond donors (Lipinski definition) is 1. The average Bonchev–Trinajstić information content (AvgIpc) is 2.92. The molecule has 0 amide bonds. The Morgan fingerprint density at radius 3 is 2.29 bits per heavy atom. The number of morpholine rings is 1. The number of allylic oxidation sites excluding steroid dienone is 1. The molecule has 2 aromatic rings. The van der Waals surface area contributed by atoms with Gasteiger partial charge in [0.25, 0.3) is 0 Å². The van der Waals surface area contributed by atoms with Crippen molar-refractivity contribution in [3.63, 3.8) is 0 Å². The summed E-state index contributed by atoms with van der Waals surface area (Å²) in [6.45, 7) is 8.84. The fraction of sp³-hybridized carbons (Fsp3) is 0.500. The summed E-state index contributed by atoms with van der Waals surface area (Å²) in [5.41, 5.74) is -4.18. The number of ether oxygens (including phenoxy) is 1. The van der Waals surface area contributed by atoms with Gasteiger partial charge in [-0.15, -0.1) is 0 Å². The molecule has 42 heavy (non-hydrogen) atoms. The number of likely N-dealkylation sites (tertiary alicyclic amines) is 1. The van der Waals surface area contributed by atoms with Gasteiger partial charge < -0.3 is 19.9 Å². The Labute approximate surface area is 246 Å². The highest BCUT2D eigenvalue weighted by Gasteiger charge is 2.47. The number of rotatable bonds is 9. The molecule has 0 saturated carbocycles. The van der Waals surface area contributed by atoms with Crippen LogP contribution in [0.1, 0.15) is 48.2 Å². The largest absolute Gasteiger partial charge is 0.418 e. The third-order valence-corrected chi connectivity index (χ3v) is 8.18. The lowest BCUT2D eigenvalue weighted by Crippen LogP contribution is -2.40. The van der Waals surface area contributed by atoms with E-state index in [0.717, 1.165) is 50.7 Å². The molecule has 0 atom stereocenters. The molecule has 230 valence electrons. The summed E-state index contributed by atoms with van der Waals surface area (Å²) in [4.78, 5) is 16.6. The fourth-order valence-corrected chi connectivity index (χ4v) is 6.27. The van der Waals surface area contributed by atoms with Crippen molar-refractivity contribution < 1.29 is 35.9 Å². The van der Waals surface area contributed by atoms with Crippen molar-refractivity contribution in [3.05, 3.63) is 65.4 Å². The standard InChI is InChI=1S/C30H35F6N3O2S/c1-20(2)19-39-11-8-21(9-12-39)37-22-4-3-5-23(18-22)42-26-7-6-24(25(40)10-13-38-14-16-41-17-15-38)27(29(31,32)33)28(26)30(34,35)36/h3-7,10,13,18,20-21,37H,8-9,11-12,14-17,19H2,1-2H3. The van der Waals surface area contributed by atoms with Gasteiger partial charge in [-0.2, -0.15) is 26.3 Å². The SMILES string of the molecule is CC(C)CN1CCC(Nc2cccc(Sc3ccc(C(=O)C=CN4CCOCC4)c(C(F)(F)F)c3C(F)(F)F)c2)CC1. The second-order valence-electron chi connectivity index (χ2n) is 10.9. The topological polar surface area (TPSA) is 44.8 Å². The Bertz CT molecular complexity index is 1250. The van der Waals surface area contributed by atoms with Crippen LogP contribution in [0.5, 0.6) is 0 Å². The molecular formula is C30H35F6N3O2S. The average molecular weight is 616 g/mol. The van der Waals surface area contributed by atoms with Crippen LogP contribution >= 0.6 is 11.8 Å². The van der Waals surface area contributed by atoms with Crippen LogP contribution in [0.3, 0.4) is 0 Å². The minimum Gasteiger partial charge on any atom is -0.382 e. The van der Waals surface area contributed by atoms with Crippen LogP contribution in [0.2, 0.25) is 0 Å². The number of nitrogens with one attached hydrogen (secondary N) is 1. The van der Waals surface area contributed by atoms with Crippen LogP contribution in [0.4, 0.5) is 32.0 Å². The summed E-state index contributed by atoms with van der Waals surface area (Å²) in [6, 6.07) is 8.61. The van der Waals surface area contributed by atoms with Crippen molar-refractivity contribution in [3.8, 4) is 0 Å². The quantitative estimate of drug-likeness (QED) is 0.180. The third kappa shape index (κ3) is 8.67. The van der Waals surface area contributed by atoms with E-state index in [1.54, 1.807) is 29.2 Å². The molecule has 12 heteroatoms. The molecule has 2 saturated heterocycles. The van der Waals surface area contributed by atoms with Gasteiger partial charge in [0.2, 0.25) is 0 Å². The van der Waals surface area contributed by atoms with Gasteiger partial charge in [0.15, 0.2) is 5.78 Å². The number of carbonyl (C=O) groups is 1. The van der Waals surface area contributed by atoms with Crippen molar-refractivity contribution in [1.29, 1.82) is 0 Å². The smallest absolute Gasteiger partial charge is 0.382 e. The number of piperidine rings is 1. The van der Waals surface area contributed by atoms with Gasteiger partial charge >= 0.3 is 12.4 Å². The fourth-order valence-electron chi connectivity index (χ4n) is 5.23. The minimum atomic E-state index is -5.41. The van der Waals surface area contributed by atoms with E-state index in [1.807, 2.05) is 0 Å². The summed E-state index contributed by atoms with van der Waals surface area (Å²) in [5.74, 6) is -0.581. The molecule has 2 aromatic carbocycles. The maximum Gasteiger partial charge on any atom is 0.418 e. The van der Waals surface area contributed by atoms with Crippen molar-refractivity contribution in [2.45, 2.75) is 54.9 Å². The maximum atomic E-state index is 14.3. The van der Waals surface area contributed by atoms with E-state index in [4.69, 9.17) is 4.74 Å². The summed E-state index contributed by atoms with van der Waals surface area (Å²) in [6.07, 6.45) is -6.76. The number of halogens is 6. The molecule has 2 fully saturated rings. The number of carbonyl (C=O) groups excluding carboxylic acids is 1. The number of anilines is 1. The monoisotopic (exact) mass is 615 g/mol. The number of hydrogen-bond acceptors (Lipinski definition) is 6. The number of nitrogens with zero attached hydrogens (tertiary/aromatic N) is 2. The van der Waals surface area contributed by atoms with Gasteiger partial charge in [-0.25, -0.2) is 0 Å². The molecule has 0 spiro atoms. The first-order chi connectivity index (χ1) is 19.8. The highest BCUT2D eigenvalue weighted by molar-refractivity contribution is 7.99. The van der Waals surface area contributed by atoms with E-state index < -0.39 is 39.7 Å². The molecular weight excluding hydrogens is 580 g/mol. The zero-order valence-electron chi connectivity index (χ0n) is 23.5. The number of benzene rings is 2. The van der Waals surface area contributed by atoms with E-state index in [0.29, 0.717) is 54.6 Å². The first-order valence-electron chi connectivity index (χ1n) is 13.9. The van der Waals surface area contributed by atoms with E-state index in [-0.39, 0.29) is 6.04 Å². The number of ketones is 1. The second-order valence-corrected chi connectivity index (χ2v) is 12.0. The van der Waals surface area contributed by atoms with Gasteiger partial charge in [0, 0.05) is 72.1 Å². The molecule has 2 aliphatic rings. The molecule has 0 aliphatic carbocycles. The Hall–Kier alpha value is -2.70. The van der Waals surface area contributed by atoms with Crippen molar-refractivity contribution in [2.75, 3.05) is 51.3 Å². The Morgan fingerprint density at radius 1 is 1.00 bits per heavy atom.